The van der Waals surface area contributed by atoms with Gasteiger partial charge in [-0.1, -0.05) is 37.2 Å². The van der Waals surface area contributed by atoms with Crippen LogP contribution in [0, 0.1) is 5.92 Å². The fraction of sp³-hybridized carbons (Fsp3) is 0.467. The third kappa shape index (κ3) is 2.82. The normalized spacial score (nSPS) is 22.4. The molecule has 20 heavy (non-hydrogen) atoms. The van der Waals surface area contributed by atoms with Crippen molar-refractivity contribution in [3.05, 3.63) is 24.3 Å². The van der Waals surface area contributed by atoms with Crippen LogP contribution in [0.1, 0.15) is 26.2 Å². The van der Waals surface area contributed by atoms with Crippen LogP contribution in [-0.4, -0.2) is 27.8 Å². The summed E-state index contributed by atoms with van der Waals surface area (Å²) < 4.78 is 5.42. The van der Waals surface area contributed by atoms with Crippen LogP contribution in [0.3, 0.4) is 0 Å². The van der Waals surface area contributed by atoms with Crippen LogP contribution in [0.15, 0.2) is 29.4 Å². The number of aromatic nitrogens is 2. The van der Waals surface area contributed by atoms with Gasteiger partial charge in [0.2, 0.25) is 0 Å². The Bertz CT molecular complexity index is 578. The molecule has 5 heteroatoms. The minimum atomic E-state index is -0.0259. The number of aromatic amines is 1. The van der Waals surface area contributed by atoms with Crippen LogP contribution in [0.5, 0.6) is 0 Å². The van der Waals surface area contributed by atoms with Crippen molar-refractivity contribution in [2.45, 2.75) is 37.4 Å². The summed E-state index contributed by atoms with van der Waals surface area (Å²) in [5.41, 5.74) is 2.02. The van der Waals surface area contributed by atoms with Gasteiger partial charge in [0, 0.05) is 5.75 Å². The lowest BCUT2D eigenvalue weighted by molar-refractivity contribution is -0.143. The Balaban J connectivity index is 1.58. The Kier molecular flexibility index (Phi) is 3.96. The summed E-state index contributed by atoms with van der Waals surface area (Å²) in [6.45, 7) is 2.10. The Morgan fingerprint density at radius 1 is 1.45 bits per heavy atom. The highest BCUT2D eigenvalue weighted by Gasteiger charge is 2.33. The fourth-order valence-corrected chi connectivity index (χ4v) is 3.47. The Hall–Kier alpha value is -1.49. The first-order chi connectivity index (χ1) is 9.76. The fourth-order valence-electron chi connectivity index (χ4n) is 2.58. The highest BCUT2D eigenvalue weighted by Crippen LogP contribution is 2.29. The van der Waals surface area contributed by atoms with Gasteiger partial charge in [0.15, 0.2) is 5.16 Å². The molecule has 0 amide bonds. The maximum absolute atomic E-state index is 11.7. The van der Waals surface area contributed by atoms with Crippen LogP contribution < -0.4 is 0 Å². The molecule has 0 spiro atoms. The summed E-state index contributed by atoms with van der Waals surface area (Å²) in [5, 5.41) is 0.890. The molecule has 0 saturated carbocycles. The molecule has 0 aliphatic carbocycles. The topological polar surface area (TPSA) is 55.0 Å². The molecule has 106 valence electrons. The second kappa shape index (κ2) is 5.87. The first-order valence-electron chi connectivity index (χ1n) is 7.04. The van der Waals surface area contributed by atoms with E-state index >= 15 is 0 Å². The summed E-state index contributed by atoms with van der Waals surface area (Å²) in [6.07, 6.45) is 2.84. The van der Waals surface area contributed by atoms with E-state index in [-0.39, 0.29) is 18.0 Å². The molecule has 0 unspecified atom stereocenters. The zero-order valence-electron chi connectivity index (χ0n) is 11.5. The van der Waals surface area contributed by atoms with Gasteiger partial charge < -0.3 is 9.72 Å². The number of carbonyl (C=O) groups excluding carboxylic acids is 1. The number of rotatable bonds is 5. The molecule has 0 radical (unpaired) electrons. The molecule has 2 heterocycles. The van der Waals surface area contributed by atoms with Gasteiger partial charge in [-0.2, -0.15) is 0 Å². The van der Waals surface area contributed by atoms with Crippen LogP contribution in [0.4, 0.5) is 0 Å². The van der Waals surface area contributed by atoms with Gasteiger partial charge in [-0.15, -0.1) is 0 Å². The molecular weight excluding hydrogens is 272 g/mol. The molecule has 3 rings (SSSR count). The highest BCUT2D eigenvalue weighted by molar-refractivity contribution is 7.99. The minimum Gasteiger partial charge on any atom is -0.461 e. The number of thioether (sulfide) groups is 1. The molecule has 1 saturated heterocycles. The van der Waals surface area contributed by atoms with E-state index in [2.05, 4.69) is 16.9 Å². The lowest BCUT2D eigenvalue weighted by Gasteiger charge is -2.06. The maximum atomic E-state index is 11.7. The molecular formula is C15H18N2O2S. The van der Waals surface area contributed by atoms with E-state index in [1.165, 1.54) is 0 Å². The zero-order chi connectivity index (χ0) is 13.9. The summed E-state index contributed by atoms with van der Waals surface area (Å²) in [6, 6.07) is 7.97. The molecule has 1 aromatic carbocycles. The second-order valence-electron chi connectivity index (χ2n) is 5.15. The minimum absolute atomic E-state index is 0.0252. The molecule has 1 fully saturated rings. The predicted octanol–water partition coefficient (Wildman–Crippen LogP) is 3.39. The number of para-hydroxylation sites is 2. The summed E-state index contributed by atoms with van der Waals surface area (Å²) in [5.74, 6) is 0.842. The molecule has 2 atom stereocenters. The van der Waals surface area contributed by atoms with Crippen molar-refractivity contribution in [2.75, 3.05) is 5.75 Å². The van der Waals surface area contributed by atoms with E-state index in [0.29, 0.717) is 0 Å². The third-order valence-corrected chi connectivity index (χ3v) is 4.58. The SMILES string of the molecule is CCC[C@@H]1C[C@@H](CSc2nc3ccccc3[nH]2)OC1=O. The van der Waals surface area contributed by atoms with Crippen molar-refractivity contribution in [1.82, 2.24) is 9.97 Å². The van der Waals surface area contributed by atoms with Gasteiger partial charge in [-0.3, -0.25) is 4.79 Å². The maximum Gasteiger partial charge on any atom is 0.309 e. The molecule has 1 N–H and O–H groups in total. The lowest BCUT2D eigenvalue weighted by atomic mass is 10.0. The molecule has 2 aromatic rings. The molecule has 1 aromatic heterocycles. The number of benzene rings is 1. The number of fused-ring (bicyclic) bond motifs is 1. The number of hydrogen-bond acceptors (Lipinski definition) is 4. The van der Waals surface area contributed by atoms with Crippen molar-refractivity contribution in [1.29, 1.82) is 0 Å². The van der Waals surface area contributed by atoms with E-state index in [1.807, 2.05) is 24.3 Å². The summed E-state index contributed by atoms with van der Waals surface area (Å²) >= 11 is 1.62. The zero-order valence-corrected chi connectivity index (χ0v) is 12.3. The van der Waals surface area contributed by atoms with E-state index in [9.17, 15) is 4.79 Å². The van der Waals surface area contributed by atoms with E-state index in [0.717, 1.165) is 41.2 Å². The standard InChI is InChI=1S/C15H18N2O2S/c1-2-5-10-8-11(19-14(10)18)9-20-15-16-12-6-3-4-7-13(12)17-15/h3-4,6-7,10-11H,2,5,8-9H2,1H3,(H,16,17)/t10-,11+/m1/s1. The van der Waals surface area contributed by atoms with Crippen molar-refractivity contribution >= 4 is 28.8 Å². The van der Waals surface area contributed by atoms with Gasteiger partial charge in [-0.25, -0.2) is 4.98 Å². The lowest BCUT2D eigenvalue weighted by Crippen LogP contribution is -2.09. The summed E-state index contributed by atoms with van der Waals surface area (Å²) in [7, 11) is 0. The van der Waals surface area contributed by atoms with Crippen molar-refractivity contribution in [3.63, 3.8) is 0 Å². The average molecular weight is 290 g/mol. The Morgan fingerprint density at radius 3 is 3.10 bits per heavy atom. The van der Waals surface area contributed by atoms with E-state index in [1.54, 1.807) is 11.8 Å². The van der Waals surface area contributed by atoms with Gasteiger partial charge in [-0.05, 0) is 25.0 Å². The molecule has 1 aliphatic heterocycles. The monoisotopic (exact) mass is 290 g/mol. The van der Waals surface area contributed by atoms with Crippen LogP contribution >= 0.6 is 11.8 Å². The highest BCUT2D eigenvalue weighted by atomic mass is 32.2. The van der Waals surface area contributed by atoms with Gasteiger partial charge >= 0.3 is 5.97 Å². The number of H-pyrrole nitrogens is 1. The number of esters is 1. The molecule has 1 aliphatic rings. The van der Waals surface area contributed by atoms with Crippen molar-refractivity contribution in [3.8, 4) is 0 Å². The van der Waals surface area contributed by atoms with E-state index in [4.69, 9.17) is 4.74 Å². The number of nitrogens with one attached hydrogen (secondary N) is 1. The molecule has 4 nitrogen and oxygen atoms in total. The number of hydrogen-bond donors (Lipinski definition) is 1. The average Bonchev–Trinajstić information content (AvgIpc) is 3.00. The molecule has 0 bridgehead atoms. The quantitative estimate of drug-likeness (QED) is 0.677. The smallest absolute Gasteiger partial charge is 0.309 e. The largest absolute Gasteiger partial charge is 0.461 e. The number of ether oxygens (including phenoxy) is 1. The predicted molar refractivity (Wildman–Crippen MR) is 79.7 cm³/mol. The number of nitrogens with zero attached hydrogens (tertiary/aromatic N) is 1. The Labute approximate surface area is 122 Å². The number of carbonyl (C=O) groups is 1. The van der Waals surface area contributed by atoms with Crippen LogP contribution in [0.2, 0.25) is 0 Å². The first kappa shape index (κ1) is 13.5. The van der Waals surface area contributed by atoms with Gasteiger partial charge in [0.1, 0.15) is 6.10 Å². The second-order valence-corrected chi connectivity index (χ2v) is 6.16. The van der Waals surface area contributed by atoms with Crippen LogP contribution in [-0.2, 0) is 9.53 Å². The van der Waals surface area contributed by atoms with E-state index < -0.39 is 0 Å². The first-order valence-corrected chi connectivity index (χ1v) is 8.03. The van der Waals surface area contributed by atoms with Crippen molar-refractivity contribution < 1.29 is 9.53 Å². The van der Waals surface area contributed by atoms with Gasteiger partial charge in [0.25, 0.3) is 0 Å². The van der Waals surface area contributed by atoms with Crippen molar-refractivity contribution in [2.24, 2.45) is 5.92 Å². The van der Waals surface area contributed by atoms with Gasteiger partial charge in [0.05, 0.1) is 17.0 Å². The number of cyclic esters (lactones) is 1. The summed E-state index contributed by atoms with van der Waals surface area (Å²) in [4.78, 5) is 19.5. The third-order valence-electron chi connectivity index (χ3n) is 3.57. The van der Waals surface area contributed by atoms with Crippen LogP contribution in [0.25, 0.3) is 11.0 Å². The number of imidazole rings is 1. The Morgan fingerprint density at radius 2 is 2.30 bits per heavy atom.